The maximum absolute atomic E-state index is 13.4. The lowest BCUT2D eigenvalue weighted by Gasteiger charge is -2.17. The van der Waals surface area contributed by atoms with Crippen LogP contribution in [0.1, 0.15) is 27.6 Å². The van der Waals surface area contributed by atoms with Gasteiger partial charge >= 0.3 is 5.97 Å². The van der Waals surface area contributed by atoms with Crippen LogP contribution in [-0.2, 0) is 16.0 Å². The van der Waals surface area contributed by atoms with E-state index in [9.17, 15) is 9.59 Å². The van der Waals surface area contributed by atoms with E-state index in [2.05, 4.69) is 4.98 Å². The number of rotatable bonds is 6. The van der Waals surface area contributed by atoms with Gasteiger partial charge in [-0.25, -0.2) is 0 Å². The number of carbonyl (C=O) groups is 2. The second-order valence-corrected chi connectivity index (χ2v) is 7.63. The predicted octanol–water partition coefficient (Wildman–Crippen LogP) is 6.18. The zero-order valence-electron chi connectivity index (χ0n) is 15.8. The Morgan fingerprint density at radius 1 is 0.900 bits per heavy atom. The number of benzene rings is 3. The van der Waals surface area contributed by atoms with Crippen molar-refractivity contribution in [3.05, 3.63) is 106 Å². The lowest BCUT2D eigenvalue weighted by molar-refractivity contribution is -0.146. The van der Waals surface area contributed by atoms with Crippen LogP contribution < -0.4 is 0 Å². The van der Waals surface area contributed by atoms with Gasteiger partial charge in [0.1, 0.15) is 0 Å². The first-order chi connectivity index (χ1) is 14.5. The first-order valence-electron chi connectivity index (χ1n) is 9.31. The van der Waals surface area contributed by atoms with E-state index in [1.54, 1.807) is 48.7 Å². The molecule has 6 heteroatoms. The monoisotopic (exact) mass is 437 g/mol. The Labute approximate surface area is 183 Å². The zero-order chi connectivity index (χ0) is 21.1. The molecular weight excluding hydrogens is 421 g/mol. The largest absolute Gasteiger partial charge is 0.449 e. The smallest absolute Gasteiger partial charge is 0.311 e. The summed E-state index contributed by atoms with van der Waals surface area (Å²) in [5.41, 5.74) is 2.58. The molecule has 0 spiro atoms. The van der Waals surface area contributed by atoms with E-state index in [0.29, 0.717) is 26.7 Å². The highest BCUT2D eigenvalue weighted by molar-refractivity contribution is 6.42. The summed E-state index contributed by atoms with van der Waals surface area (Å²) in [6.07, 6.45) is 0.567. The first-order valence-corrected chi connectivity index (χ1v) is 10.1. The summed E-state index contributed by atoms with van der Waals surface area (Å²) in [5, 5.41) is 1.55. The minimum absolute atomic E-state index is 0.0264. The van der Waals surface area contributed by atoms with E-state index >= 15 is 0 Å². The van der Waals surface area contributed by atoms with Crippen LogP contribution in [0.15, 0.2) is 79.0 Å². The molecule has 0 amide bonds. The van der Waals surface area contributed by atoms with E-state index in [1.165, 1.54) is 0 Å². The van der Waals surface area contributed by atoms with Crippen molar-refractivity contribution in [2.45, 2.75) is 12.5 Å². The van der Waals surface area contributed by atoms with Crippen LogP contribution in [0.4, 0.5) is 0 Å². The number of fused-ring (bicyclic) bond motifs is 1. The molecule has 0 saturated heterocycles. The molecule has 1 N–H and O–H groups in total. The van der Waals surface area contributed by atoms with Gasteiger partial charge in [-0.15, -0.1) is 0 Å². The summed E-state index contributed by atoms with van der Waals surface area (Å²) in [5.74, 6) is -0.823. The van der Waals surface area contributed by atoms with E-state index in [4.69, 9.17) is 27.9 Å². The highest BCUT2D eigenvalue weighted by atomic mass is 35.5. The van der Waals surface area contributed by atoms with Crippen molar-refractivity contribution in [3.8, 4) is 0 Å². The normalized spacial score (nSPS) is 11.9. The van der Waals surface area contributed by atoms with Crippen molar-refractivity contribution in [1.29, 1.82) is 0 Å². The Morgan fingerprint density at radius 2 is 1.63 bits per heavy atom. The second-order valence-electron chi connectivity index (χ2n) is 6.82. The number of carbonyl (C=O) groups excluding carboxylic acids is 2. The predicted molar refractivity (Wildman–Crippen MR) is 118 cm³/mol. The molecule has 1 atom stereocenters. The molecule has 4 aromatic rings. The summed E-state index contributed by atoms with van der Waals surface area (Å²) in [6.45, 7) is 0. The van der Waals surface area contributed by atoms with Crippen molar-refractivity contribution < 1.29 is 14.3 Å². The number of Topliss-reactive ketones (excluding diaryl/α,β-unsaturated/α-hetero) is 1. The molecule has 3 aromatic carbocycles. The van der Waals surface area contributed by atoms with Gasteiger partial charge in [-0.2, -0.15) is 0 Å². The lowest BCUT2D eigenvalue weighted by atomic mass is 9.99. The van der Waals surface area contributed by atoms with Crippen LogP contribution in [0.5, 0.6) is 0 Å². The summed E-state index contributed by atoms with van der Waals surface area (Å²) in [6, 6.07) is 21.4. The number of para-hydroxylation sites is 1. The SMILES string of the molecule is O=C(Cc1ccc(Cl)c(Cl)c1)OC(C(=O)c1c[nH]c2ccccc12)c1ccccc1. The standard InChI is InChI=1S/C24H17Cl2NO3/c25-19-11-10-15(12-20(19)26)13-22(28)30-24(16-6-2-1-3-7-16)23(29)18-14-27-21-9-5-4-8-17(18)21/h1-12,14,24,27H,13H2. The van der Waals surface area contributed by atoms with Gasteiger partial charge in [0.15, 0.2) is 6.10 Å². The molecule has 4 nitrogen and oxygen atoms in total. The highest BCUT2D eigenvalue weighted by Crippen LogP contribution is 2.28. The third-order valence-electron chi connectivity index (χ3n) is 4.78. The van der Waals surface area contributed by atoms with Gasteiger partial charge in [-0.1, -0.05) is 77.8 Å². The Kier molecular flexibility index (Phi) is 5.88. The molecule has 1 unspecified atom stereocenters. The number of H-pyrrole nitrogens is 1. The molecule has 0 fully saturated rings. The Bertz CT molecular complexity index is 1220. The number of aromatic nitrogens is 1. The van der Waals surface area contributed by atoms with Crippen LogP contribution in [0.3, 0.4) is 0 Å². The number of nitrogens with one attached hydrogen (secondary N) is 1. The van der Waals surface area contributed by atoms with Crippen LogP contribution in [0.2, 0.25) is 10.0 Å². The number of hydrogen-bond donors (Lipinski definition) is 1. The summed E-state index contributed by atoms with van der Waals surface area (Å²) >= 11 is 12.0. The highest BCUT2D eigenvalue weighted by Gasteiger charge is 2.28. The van der Waals surface area contributed by atoms with Crippen LogP contribution in [0.25, 0.3) is 10.9 Å². The molecule has 0 bridgehead atoms. The van der Waals surface area contributed by atoms with E-state index in [1.807, 2.05) is 30.3 Å². The fourth-order valence-corrected chi connectivity index (χ4v) is 3.63. The molecule has 0 aliphatic heterocycles. The maximum Gasteiger partial charge on any atom is 0.311 e. The molecule has 0 aliphatic rings. The number of ether oxygens (including phenoxy) is 1. The lowest BCUT2D eigenvalue weighted by Crippen LogP contribution is -2.21. The number of hydrogen-bond acceptors (Lipinski definition) is 3. The molecule has 0 radical (unpaired) electrons. The average molecular weight is 438 g/mol. The molecule has 1 heterocycles. The Morgan fingerprint density at radius 3 is 2.40 bits per heavy atom. The van der Waals surface area contributed by atoms with Gasteiger partial charge < -0.3 is 9.72 Å². The summed E-state index contributed by atoms with van der Waals surface area (Å²) < 4.78 is 5.67. The Balaban J connectivity index is 1.62. The maximum atomic E-state index is 13.4. The third-order valence-corrected chi connectivity index (χ3v) is 5.52. The van der Waals surface area contributed by atoms with Gasteiger partial charge in [-0.05, 0) is 23.8 Å². The van der Waals surface area contributed by atoms with Crippen molar-refractivity contribution in [1.82, 2.24) is 4.98 Å². The van der Waals surface area contributed by atoms with E-state index in [0.717, 1.165) is 10.9 Å². The topological polar surface area (TPSA) is 59.2 Å². The minimum atomic E-state index is -1.05. The van der Waals surface area contributed by atoms with Gasteiger partial charge in [0.05, 0.1) is 16.5 Å². The first kappa shape index (κ1) is 20.2. The van der Waals surface area contributed by atoms with E-state index < -0.39 is 12.1 Å². The quantitative estimate of drug-likeness (QED) is 0.289. The molecule has 0 saturated carbocycles. The fourth-order valence-electron chi connectivity index (χ4n) is 3.31. The van der Waals surface area contributed by atoms with Crippen molar-refractivity contribution >= 4 is 45.9 Å². The number of aromatic amines is 1. The second kappa shape index (κ2) is 8.74. The van der Waals surface area contributed by atoms with Crippen molar-refractivity contribution in [2.24, 2.45) is 0 Å². The number of ketones is 1. The average Bonchev–Trinajstić information content (AvgIpc) is 3.19. The molecule has 0 aliphatic carbocycles. The molecule has 1 aromatic heterocycles. The van der Waals surface area contributed by atoms with Gasteiger partial charge in [-0.3, -0.25) is 9.59 Å². The van der Waals surface area contributed by atoms with Crippen molar-refractivity contribution in [2.75, 3.05) is 0 Å². The van der Waals surface area contributed by atoms with E-state index in [-0.39, 0.29) is 12.2 Å². The molecular formula is C24H17Cl2NO3. The zero-order valence-corrected chi connectivity index (χ0v) is 17.3. The van der Waals surface area contributed by atoms with Gasteiger partial charge in [0, 0.05) is 28.2 Å². The van der Waals surface area contributed by atoms with Crippen LogP contribution in [-0.4, -0.2) is 16.7 Å². The van der Waals surface area contributed by atoms with Gasteiger partial charge in [0.2, 0.25) is 5.78 Å². The third kappa shape index (κ3) is 4.25. The minimum Gasteiger partial charge on any atom is -0.449 e. The van der Waals surface area contributed by atoms with Crippen LogP contribution in [0, 0.1) is 0 Å². The van der Waals surface area contributed by atoms with Crippen molar-refractivity contribution in [3.63, 3.8) is 0 Å². The Hall–Kier alpha value is -3.08. The molecule has 30 heavy (non-hydrogen) atoms. The summed E-state index contributed by atoms with van der Waals surface area (Å²) in [4.78, 5) is 29.1. The van der Waals surface area contributed by atoms with Gasteiger partial charge in [0.25, 0.3) is 0 Å². The molecule has 4 rings (SSSR count). The summed E-state index contributed by atoms with van der Waals surface area (Å²) in [7, 11) is 0. The number of esters is 1. The fraction of sp³-hybridized carbons (Fsp3) is 0.0833. The molecule has 150 valence electrons. The number of halogens is 2. The van der Waals surface area contributed by atoms with Crippen LogP contribution >= 0.6 is 23.2 Å².